The van der Waals surface area contributed by atoms with Crippen LogP contribution in [0.2, 0.25) is 0 Å². The predicted molar refractivity (Wildman–Crippen MR) is 113 cm³/mol. The lowest BCUT2D eigenvalue weighted by molar-refractivity contribution is -0.118. The summed E-state index contributed by atoms with van der Waals surface area (Å²) >= 11 is 1.23. The van der Waals surface area contributed by atoms with Gasteiger partial charge in [-0.2, -0.15) is 0 Å². The van der Waals surface area contributed by atoms with Crippen LogP contribution < -0.4 is 10.2 Å². The highest BCUT2D eigenvalue weighted by atomic mass is 32.2. The van der Waals surface area contributed by atoms with E-state index in [2.05, 4.69) is 22.4 Å². The molecule has 0 saturated carbocycles. The second-order valence-electron chi connectivity index (χ2n) is 6.80. The third kappa shape index (κ3) is 5.13. The Morgan fingerprint density at radius 3 is 2.50 bits per heavy atom. The van der Waals surface area contributed by atoms with Crippen LogP contribution >= 0.6 is 11.8 Å². The number of rotatable bonds is 7. The molecule has 0 bridgehead atoms. The first kappa shape index (κ1) is 19.9. The van der Waals surface area contributed by atoms with E-state index in [-0.39, 0.29) is 11.7 Å². The summed E-state index contributed by atoms with van der Waals surface area (Å²) in [6.07, 6.45) is 0. The Bertz CT molecular complexity index is 951. The van der Waals surface area contributed by atoms with Gasteiger partial charge in [-0.15, -0.1) is 10.2 Å². The van der Waals surface area contributed by atoms with Crippen LogP contribution in [0.5, 0.6) is 0 Å². The van der Waals surface area contributed by atoms with Gasteiger partial charge >= 0.3 is 0 Å². The monoisotopic (exact) mass is 396 g/mol. The van der Waals surface area contributed by atoms with Gasteiger partial charge in [-0.25, -0.2) is 0 Å². The van der Waals surface area contributed by atoms with Crippen LogP contribution in [-0.4, -0.2) is 36.0 Å². The lowest BCUT2D eigenvalue weighted by Gasteiger charge is -2.12. The van der Waals surface area contributed by atoms with Crippen molar-refractivity contribution < 1.29 is 9.21 Å². The normalized spacial score (nSPS) is 10.7. The molecule has 2 aromatic carbocycles. The molecule has 28 heavy (non-hydrogen) atoms. The fraction of sp³-hybridized carbons (Fsp3) is 0.286. The summed E-state index contributed by atoms with van der Waals surface area (Å²) in [5, 5.41) is 11.4. The van der Waals surface area contributed by atoms with Crippen molar-refractivity contribution in [2.24, 2.45) is 0 Å². The number of aryl methyl sites for hydroxylation is 2. The summed E-state index contributed by atoms with van der Waals surface area (Å²) in [7, 11) is 3.99. The van der Waals surface area contributed by atoms with E-state index in [1.807, 2.05) is 68.4 Å². The molecule has 0 saturated heterocycles. The largest absolute Gasteiger partial charge is 0.411 e. The van der Waals surface area contributed by atoms with Gasteiger partial charge in [0, 0.05) is 31.9 Å². The Labute approximate surface area is 169 Å². The van der Waals surface area contributed by atoms with E-state index in [4.69, 9.17) is 4.42 Å². The Kier molecular flexibility index (Phi) is 6.36. The molecule has 1 aromatic heterocycles. The van der Waals surface area contributed by atoms with Crippen molar-refractivity contribution in [2.75, 3.05) is 24.7 Å². The molecule has 0 atom stereocenters. The summed E-state index contributed by atoms with van der Waals surface area (Å²) in [6, 6.07) is 14.1. The number of aromatic nitrogens is 2. The number of nitrogens with one attached hydrogen (secondary N) is 1. The number of hydrogen-bond acceptors (Lipinski definition) is 6. The number of carbonyl (C=O) groups excluding carboxylic acids is 1. The van der Waals surface area contributed by atoms with Gasteiger partial charge in [0.05, 0.1) is 5.75 Å². The number of thioether (sulfide) groups is 1. The molecule has 7 heteroatoms. The lowest BCUT2D eigenvalue weighted by atomic mass is 10.1. The van der Waals surface area contributed by atoms with E-state index < -0.39 is 0 Å². The fourth-order valence-electron chi connectivity index (χ4n) is 2.55. The number of nitrogens with zero attached hydrogens (tertiary/aromatic N) is 3. The fourth-order valence-corrected chi connectivity index (χ4v) is 3.14. The van der Waals surface area contributed by atoms with Gasteiger partial charge in [-0.1, -0.05) is 30.0 Å². The van der Waals surface area contributed by atoms with E-state index in [9.17, 15) is 4.79 Å². The molecule has 1 heterocycles. The molecule has 0 aliphatic carbocycles. The number of anilines is 1. The minimum absolute atomic E-state index is 0.0763. The highest BCUT2D eigenvalue weighted by molar-refractivity contribution is 7.99. The van der Waals surface area contributed by atoms with Gasteiger partial charge < -0.3 is 14.6 Å². The van der Waals surface area contributed by atoms with Crippen LogP contribution in [0.25, 0.3) is 11.5 Å². The highest BCUT2D eigenvalue weighted by Crippen LogP contribution is 2.24. The summed E-state index contributed by atoms with van der Waals surface area (Å²) in [6.45, 7) is 4.59. The molecule has 0 spiro atoms. The third-order valence-corrected chi connectivity index (χ3v) is 5.25. The first-order valence-electron chi connectivity index (χ1n) is 8.99. The molecule has 6 nitrogen and oxygen atoms in total. The van der Waals surface area contributed by atoms with Gasteiger partial charge in [0.25, 0.3) is 5.22 Å². The summed E-state index contributed by atoms with van der Waals surface area (Å²) in [5.74, 6) is 0.615. The molecule has 0 radical (unpaired) electrons. The molecule has 0 aliphatic heterocycles. The molecule has 1 amide bonds. The van der Waals surface area contributed by atoms with Crippen LogP contribution in [0.1, 0.15) is 16.7 Å². The Balaban J connectivity index is 1.49. The van der Waals surface area contributed by atoms with Crippen molar-refractivity contribution in [3.63, 3.8) is 0 Å². The molecule has 0 fully saturated rings. The minimum atomic E-state index is -0.0763. The zero-order valence-corrected chi connectivity index (χ0v) is 17.3. The van der Waals surface area contributed by atoms with Crippen molar-refractivity contribution in [2.45, 2.75) is 25.6 Å². The molecule has 3 aromatic rings. The van der Waals surface area contributed by atoms with Crippen molar-refractivity contribution in [1.29, 1.82) is 0 Å². The first-order chi connectivity index (χ1) is 13.4. The SMILES string of the molecule is Cc1ccc(-c2nnc(SCC(=O)NCc3ccc(N(C)C)cc3)o2)cc1C. The second-order valence-corrected chi connectivity index (χ2v) is 7.73. The van der Waals surface area contributed by atoms with Crippen molar-refractivity contribution in [1.82, 2.24) is 15.5 Å². The van der Waals surface area contributed by atoms with Crippen LogP contribution in [0, 0.1) is 13.8 Å². The zero-order valence-electron chi connectivity index (χ0n) is 16.5. The number of carbonyl (C=O) groups is 1. The van der Waals surface area contributed by atoms with Crippen LogP contribution in [0.4, 0.5) is 5.69 Å². The van der Waals surface area contributed by atoms with Crippen LogP contribution in [0.15, 0.2) is 52.1 Å². The van der Waals surface area contributed by atoms with Gasteiger partial charge in [0.2, 0.25) is 11.8 Å². The van der Waals surface area contributed by atoms with Crippen molar-refractivity contribution >= 4 is 23.4 Å². The molecule has 0 unspecified atom stereocenters. The van der Waals surface area contributed by atoms with Crippen LogP contribution in [0.3, 0.4) is 0 Å². The Morgan fingerprint density at radius 2 is 1.82 bits per heavy atom. The zero-order chi connectivity index (χ0) is 20.1. The van der Waals surface area contributed by atoms with Crippen molar-refractivity contribution in [3.05, 3.63) is 59.2 Å². The van der Waals surface area contributed by atoms with Gasteiger partial charge in [0.15, 0.2) is 0 Å². The quantitative estimate of drug-likeness (QED) is 0.612. The Hall–Kier alpha value is -2.80. The van der Waals surface area contributed by atoms with Gasteiger partial charge in [-0.05, 0) is 54.8 Å². The average Bonchev–Trinajstić information content (AvgIpc) is 3.16. The van der Waals surface area contributed by atoms with E-state index in [0.29, 0.717) is 17.7 Å². The molecular weight excluding hydrogens is 372 g/mol. The predicted octanol–water partition coefficient (Wildman–Crippen LogP) is 3.83. The number of amides is 1. The van der Waals surface area contributed by atoms with Crippen molar-refractivity contribution in [3.8, 4) is 11.5 Å². The van der Waals surface area contributed by atoms with E-state index in [0.717, 1.165) is 16.8 Å². The number of benzene rings is 2. The number of hydrogen-bond donors (Lipinski definition) is 1. The smallest absolute Gasteiger partial charge is 0.277 e. The summed E-state index contributed by atoms with van der Waals surface area (Å²) in [4.78, 5) is 14.1. The molecule has 3 rings (SSSR count). The standard InChI is InChI=1S/C21H24N4O2S/c1-14-5-8-17(11-15(14)2)20-23-24-21(27-20)28-13-19(26)22-12-16-6-9-18(10-7-16)25(3)4/h5-11H,12-13H2,1-4H3,(H,22,26). The highest BCUT2D eigenvalue weighted by Gasteiger charge is 2.12. The maximum absolute atomic E-state index is 12.1. The molecule has 0 aliphatic rings. The van der Waals surface area contributed by atoms with E-state index in [1.54, 1.807) is 0 Å². The third-order valence-electron chi connectivity index (χ3n) is 4.43. The lowest BCUT2D eigenvalue weighted by Crippen LogP contribution is -2.24. The van der Waals surface area contributed by atoms with Gasteiger partial charge in [-0.3, -0.25) is 4.79 Å². The molecule has 1 N–H and O–H groups in total. The second kappa shape index (κ2) is 8.93. The topological polar surface area (TPSA) is 71.3 Å². The maximum Gasteiger partial charge on any atom is 0.277 e. The average molecular weight is 397 g/mol. The molecular formula is C21H24N4O2S. The molecule has 146 valence electrons. The van der Waals surface area contributed by atoms with Crippen LogP contribution in [-0.2, 0) is 11.3 Å². The summed E-state index contributed by atoms with van der Waals surface area (Å²) < 4.78 is 5.67. The minimum Gasteiger partial charge on any atom is -0.411 e. The van der Waals surface area contributed by atoms with E-state index in [1.165, 1.54) is 22.9 Å². The van der Waals surface area contributed by atoms with Gasteiger partial charge in [0.1, 0.15) is 0 Å². The van der Waals surface area contributed by atoms with E-state index >= 15 is 0 Å². The maximum atomic E-state index is 12.1. The first-order valence-corrected chi connectivity index (χ1v) is 9.98. The summed E-state index contributed by atoms with van der Waals surface area (Å²) in [5.41, 5.74) is 5.45. The Morgan fingerprint density at radius 1 is 1.07 bits per heavy atom.